The molecule has 21 heavy (non-hydrogen) atoms. The average Bonchev–Trinajstić information content (AvgIpc) is 2.48. The van der Waals surface area contributed by atoms with Crippen LogP contribution in [0.5, 0.6) is 0 Å². The van der Waals surface area contributed by atoms with E-state index >= 15 is 0 Å². The predicted molar refractivity (Wildman–Crippen MR) is 85.9 cm³/mol. The second kappa shape index (κ2) is 7.90. The monoisotopic (exact) mass is 356 g/mol. The summed E-state index contributed by atoms with van der Waals surface area (Å²) >= 11 is 3.28. The summed E-state index contributed by atoms with van der Waals surface area (Å²) in [6.45, 7) is 6.07. The van der Waals surface area contributed by atoms with Crippen molar-refractivity contribution in [3.63, 3.8) is 0 Å². The van der Waals surface area contributed by atoms with Gasteiger partial charge < -0.3 is 10.2 Å². The highest BCUT2D eigenvalue weighted by atomic mass is 79.9. The van der Waals surface area contributed by atoms with E-state index in [1.165, 1.54) is 31.4 Å². The zero-order chi connectivity index (χ0) is 15.2. The molecule has 3 nitrogen and oxygen atoms in total. The minimum absolute atomic E-state index is 0.230. The highest BCUT2D eigenvalue weighted by molar-refractivity contribution is 9.10. The van der Waals surface area contributed by atoms with Crippen LogP contribution in [0.4, 0.5) is 4.39 Å². The minimum Gasteiger partial charge on any atom is -0.352 e. The van der Waals surface area contributed by atoms with Crippen LogP contribution in [0.25, 0.3) is 0 Å². The van der Waals surface area contributed by atoms with Crippen LogP contribution >= 0.6 is 15.9 Å². The maximum Gasteiger partial charge on any atom is 0.252 e. The molecule has 0 aliphatic carbocycles. The van der Waals surface area contributed by atoms with Crippen LogP contribution in [-0.4, -0.2) is 37.0 Å². The van der Waals surface area contributed by atoms with E-state index in [1.807, 2.05) is 0 Å². The number of halogens is 2. The van der Waals surface area contributed by atoms with Crippen molar-refractivity contribution in [3.8, 4) is 0 Å². The summed E-state index contributed by atoms with van der Waals surface area (Å²) < 4.78 is 13.8. The number of amides is 1. The number of nitrogens with one attached hydrogen (secondary N) is 1. The molecular formula is C16H22BrFN2O. The molecule has 0 aromatic heterocycles. The third-order valence-electron chi connectivity index (χ3n) is 3.80. The van der Waals surface area contributed by atoms with E-state index in [9.17, 15) is 9.18 Å². The molecule has 0 bridgehead atoms. The van der Waals surface area contributed by atoms with Crippen LogP contribution in [0.1, 0.15) is 36.5 Å². The first-order valence-corrected chi connectivity index (χ1v) is 8.31. The average molecular weight is 357 g/mol. The molecule has 0 saturated carbocycles. The van der Waals surface area contributed by atoms with Crippen molar-refractivity contribution in [2.45, 2.75) is 26.2 Å². The van der Waals surface area contributed by atoms with Crippen LogP contribution < -0.4 is 5.32 Å². The summed E-state index contributed by atoms with van der Waals surface area (Å²) in [6, 6.07) is 4.15. The molecular weight excluding hydrogens is 335 g/mol. The number of hydrogen-bond acceptors (Lipinski definition) is 2. The summed E-state index contributed by atoms with van der Waals surface area (Å²) in [7, 11) is 0. The lowest BCUT2D eigenvalue weighted by Crippen LogP contribution is -2.38. The highest BCUT2D eigenvalue weighted by Gasteiger charge is 2.15. The van der Waals surface area contributed by atoms with Gasteiger partial charge in [0.2, 0.25) is 0 Å². The first kappa shape index (κ1) is 16.4. The molecule has 1 aliphatic rings. The lowest BCUT2D eigenvalue weighted by atomic mass is 10.1. The summed E-state index contributed by atoms with van der Waals surface area (Å²) in [6.07, 6.45) is 3.87. The molecule has 1 aromatic rings. The van der Waals surface area contributed by atoms with E-state index in [2.05, 4.69) is 33.1 Å². The number of nitrogens with zero attached hydrogens (tertiary/aromatic N) is 1. The smallest absolute Gasteiger partial charge is 0.252 e. The summed E-state index contributed by atoms with van der Waals surface area (Å²) in [5.41, 5.74) is 0.347. The molecule has 1 saturated heterocycles. The van der Waals surface area contributed by atoms with Gasteiger partial charge in [-0.2, -0.15) is 0 Å². The topological polar surface area (TPSA) is 32.3 Å². The van der Waals surface area contributed by atoms with Crippen LogP contribution in [0.3, 0.4) is 0 Å². The standard InChI is InChI=1S/C16H22BrFN2O/c1-12(11-20-7-3-2-4-8-20)10-19-16(21)14-9-13(18)5-6-15(14)17/h5-6,9,12H,2-4,7-8,10-11H2,1H3,(H,19,21). The lowest BCUT2D eigenvalue weighted by Gasteiger charge is -2.29. The predicted octanol–water partition coefficient (Wildman–Crippen LogP) is 3.44. The minimum atomic E-state index is -0.398. The second-order valence-corrected chi connectivity index (χ2v) is 6.65. The second-order valence-electron chi connectivity index (χ2n) is 5.80. The van der Waals surface area contributed by atoms with E-state index in [1.54, 1.807) is 6.07 Å². The van der Waals surface area contributed by atoms with Gasteiger partial charge in [-0.15, -0.1) is 0 Å². The first-order chi connectivity index (χ1) is 10.1. The highest BCUT2D eigenvalue weighted by Crippen LogP contribution is 2.18. The normalized spacial score (nSPS) is 17.5. The van der Waals surface area contributed by atoms with Gasteiger partial charge in [-0.05, 0) is 66.0 Å². The summed E-state index contributed by atoms with van der Waals surface area (Å²) in [4.78, 5) is 14.5. The first-order valence-electron chi connectivity index (χ1n) is 7.52. The number of likely N-dealkylation sites (tertiary alicyclic amines) is 1. The molecule has 2 rings (SSSR count). The van der Waals surface area contributed by atoms with Crippen LogP contribution in [0, 0.1) is 11.7 Å². The molecule has 1 amide bonds. The van der Waals surface area contributed by atoms with Gasteiger partial charge in [0, 0.05) is 17.6 Å². The van der Waals surface area contributed by atoms with Crippen molar-refractivity contribution in [2.24, 2.45) is 5.92 Å². The molecule has 1 atom stereocenters. The largest absolute Gasteiger partial charge is 0.352 e. The Hall–Kier alpha value is -0.940. The summed E-state index contributed by atoms with van der Waals surface area (Å²) in [5.74, 6) is -0.240. The third-order valence-corrected chi connectivity index (χ3v) is 4.49. The van der Waals surface area contributed by atoms with Crippen molar-refractivity contribution in [1.29, 1.82) is 0 Å². The fourth-order valence-electron chi connectivity index (χ4n) is 2.68. The number of piperidine rings is 1. The van der Waals surface area contributed by atoms with Crippen molar-refractivity contribution in [3.05, 3.63) is 34.1 Å². The molecule has 116 valence electrons. The van der Waals surface area contributed by atoms with E-state index in [0.29, 0.717) is 22.5 Å². The number of carbonyl (C=O) groups is 1. The van der Waals surface area contributed by atoms with E-state index in [0.717, 1.165) is 19.6 Å². The van der Waals surface area contributed by atoms with Gasteiger partial charge in [-0.25, -0.2) is 4.39 Å². The SMILES string of the molecule is CC(CNC(=O)c1cc(F)ccc1Br)CN1CCCCC1. The number of hydrogen-bond donors (Lipinski definition) is 1. The van der Waals surface area contributed by atoms with Gasteiger partial charge in [0.1, 0.15) is 5.82 Å². The molecule has 0 spiro atoms. The Balaban J connectivity index is 1.81. The molecule has 1 unspecified atom stereocenters. The molecule has 1 N–H and O–H groups in total. The Morgan fingerprint density at radius 2 is 2.10 bits per heavy atom. The van der Waals surface area contributed by atoms with Crippen LogP contribution in [0.15, 0.2) is 22.7 Å². The van der Waals surface area contributed by atoms with E-state index in [4.69, 9.17) is 0 Å². The molecule has 5 heteroatoms. The van der Waals surface area contributed by atoms with E-state index in [-0.39, 0.29) is 5.91 Å². The van der Waals surface area contributed by atoms with Gasteiger partial charge >= 0.3 is 0 Å². The molecule has 1 aromatic carbocycles. The number of rotatable bonds is 5. The third kappa shape index (κ3) is 5.08. The van der Waals surface area contributed by atoms with Gasteiger partial charge in [-0.1, -0.05) is 13.3 Å². The molecule has 0 radical (unpaired) electrons. The maximum absolute atomic E-state index is 13.2. The van der Waals surface area contributed by atoms with Crippen LogP contribution in [0.2, 0.25) is 0 Å². The Morgan fingerprint density at radius 3 is 2.81 bits per heavy atom. The zero-order valence-electron chi connectivity index (χ0n) is 12.4. The Bertz CT molecular complexity index is 489. The van der Waals surface area contributed by atoms with Crippen molar-refractivity contribution < 1.29 is 9.18 Å². The Morgan fingerprint density at radius 1 is 1.38 bits per heavy atom. The van der Waals surface area contributed by atoms with Crippen molar-refractivity contribution in [1.82, 2.24) is 10.2 Å². The molecule has 1 aliphatic heterocycles. The fourth-order valence-corrected chi connectivity index (χ4v) is 3.11. The number of carbonyl (C=O) groups excluding carboxylic acids is 1. The van der Waals surface area contributed by atoms with Crippen molar-refractivity contribution in [2.75, 3.05) is 26.2 Å². The Labute approximate surface area is 134 Å². The maximum atomic E-state index is 13.2. The van der Waals surface area contributed by atoms with Gasteiger partial charge in [0.15, 0.2) is 0 Å². The molecule has 1 heterocycles. The van der Waals surface area contributed by atoms with Gasteiger partial charge in [0.25, 0.3) is 5.91 Å². The van der Waals surface area contributed by atoms with Gasteiger partial charge in [-0.3, -0.25) is 4.79 Å². The molecule has 1 fully saturated rings. The quantitative estimate of drug-likeness (QED) is 0.876. The van der Waals surface area contributed by atoms with Gasteiger partial charge in [0.05, 0.1) is 5.56 Å². The van der Waals surface area contributed by atoms with Crippen LogP contribution in [-0.2, 0) is 0 Å². The lowest BCUT2D eigenvalue weighted by molar-refractivity contribution is 0.0941. The number of benzene rings is 1. The van der Waals surface area contributed by atoms with Crippen molar-refractivity contribution >= 4 is 21.8 Å². The fraction of sp³-hybridized carbons (Fsp3) is 0.562. The Kier molecular flexibility index (Phi) is 6.18. The zero-order valence-corrected chi connectivity index (χ0v) is 14.0. The van der Waals surface area contributed by atoms with E-state index < -0.39 is 5.82 Å². The summed E-state index contributed by atoms with van der Waals surface area (Å²) in [5, 5.41) is 2.89.